The Kier molecular flexibility index (Phi) is 4.73. The zero-order valence-corrected chi connectivity index (χ0v) is 12.1. The SMILES string of the molecule is CC(N[C@@H](C)c1ccc(F)cc1)c1ccc(F)cc1Cl. The topological polar surface area (TPSA) is 12.0 Å². The number of nitrogens with one attached hydrogen (secondary N) is 1. The third kappa shape index (κ3) is 3.56. The van der Waals surface area contributed by atoms with Gasteiger partial charge in [-0.1, -0.05) is 29.8 Å². The molecule has 1 N–H and O–H groups in total. The van der Waals surface area contributed by atoms with E-state index in [9.17, 15) is 8.78 Å². The first-order valence-electron chi connectivity index (χ1n) is 6.44. The van der Waals surface area contributed by atoms with Gasteiger partial charge >= 0.3 is 0 Å². The van der Waals surface area contributed by atoms with Crippen LogP contribution in [0.5, 0.6) is 0 Å². The summed E-state index contributed by atoms with van der Waals surface area (Å²) in [7, 11) is 0. The van der Waals surface area contributed by atoms with Gasteiger partial charge in [0, 0.05) is 17.1 Å². The molecule has 0 saturated carbocycles. The van der Waals surface area contributed by atoms with Crippen LogP contribution in [0, 0.1) is 11.6 Å². The lowest BCUT2D eigenvalue weighted by molar-refractivity contribution is 0.493. The molecule has 2 atom stereocenters. The maximum absolute atomic E-state index is 13.0. The molecule has 2 aromatic rings. The summed E-state index contributed by atoms with van der Waals surface area (Å²) < 4.78 is 25.9. The first-order valence-corrected chi connectivity index (χ1v) is 6.81. The molecule has 20 heavy (non-hydrogen) atoms. The highest BCUT2D eigenvalue weighted by Gasteiger charge is 2.14. The van der Waals surface area contributed by atoms with Crippen molar-refractivity contribution in [1.29, 1.82) is 0 Å². The Labute approximate surface area is 122 Å². The van der Waals surface area contributed by atoms with E-state index in [0.717, 1.165) is 11.1 Å². The molecule has 2 rings (SSSR count). The minimum absolute atomic E-state index is 0.0340. The van der Waals surface area contributed by atoms with Gasteiger partial charge < -0.3 is 5.32 Å². The lowest BCUT2D eigenvalue weighted by Crippen LogP contribution is -2.22. The van der Waals surface area contributed by atoms with Gasteiger partial charge in [-0.2, -0.15) is 0 Å². The van der Waals surface area contributed by atoms with E-state index < -0.39 is 0 Å². The van der Waals surface area contributed by atoms with Gasteiger partial charge in [0.25, 0.3) is 0 Å². The monoisotopic (exact) mass is 295 g/mol. The Hall–Kier alpha value is -1.45. The molecule has 2 aromatic carbocycles. The van der Waals surface area contributed by atoms with E-state index in [-0.39, 0.29) is 23.7 Å². The molecule has 1 unspecified atom stereocenters. The standard InChI is InChI=1S/C16H16ClF2N/c1-10(12-3-5-13(18)6-4-12)20-11(2)15-8-7-14(19)9-16(15)17/h3-11,20H,1-2H3/t10-,11?/m0/s1. The molecular formula is C16H16ClF2N. The zero-order valence-electron chi connectivity index (χ0n) is 11.3. The molecule has 0 heterocycles. The predicted octanol–water partition coefficient (Wildman–Crippen LogP) is 5.03. The normalized spacial score (nSPS) is 14.1. The van der Waals surface area contributed by atoms with Crippen LogP contribution in [0.15, 0.2) is 42.5 Å². The second-order valence-corrected chi connectivity index (χ2v) is 5.23. The molecule has 0 aliphatic heterocycles. The first kappa shape index (κ1) is 14.9. The molecule has 0 amide bonds. The fourth-order valence-electron chi connectivity index (χ4n) is 2.17. The second-order valence-electron chi connectivity index (χ2n) is 4.83. The maximum atomic E-state index is 13.0. The summed E-state index contributed by atoms with van der Waals surface area (Å²) in [5, 5.41) is 3.76. The molecule has 0 fully saturated rings. The van der Waals surface area contributed by atoms with Crippen LogP contribution in [0.25, 0.3) is 0 Å². The van der Waals surface area contributed by atoms with E-state index in [4.69, 9.17) is 11.6 Å². The molecular weight excluding hydrogens is 280 g/mol. The van der Waals surface area contributed by atoms with Crippen molar-refractivity contribution >= 4 is 11.6 Å². The first-order chi connectivity index (χ1) is 9.47. The molecule has 0 aromatic heterocycles. The molecule has 1 nitrogen and oxygen atoms in total. The minimum atomic E-state index is -0.350. The van der Waals surface area contributed by atoms with Crippen LogP contribution >= 0.6 is 11.6 Å². The lowest BCUT2D eigenvalue weighted by Gasteiger charge is -2.21. The smallest absolute Gasteiger partial charge is 0.124 e. The van der Waals surface area contributed by atoms with Crippen LogP contribution in [0.1, 0.15) is 37.1 Å². The van der Waals surface area contributed by atoms with Gasteiger partial charge in [0.2, 0.25) is 0 Å². The number of halogens is 3. The molecule has 106 valence electrons. The number of hydrogen-bond acceptors (Lipinski definition) is 1. The summed E-state index contributed by atoms with van der Waals surface area (Å²) in [6.45, 7) is 3.94. The van der Waals surface area contributed by atoms with Gasteiger partial charge in [0.1, 0.15) is 11.6 Å². The highest BCUT2D eigenvalue weighted by atomic mass is 35.5. The number of rotatable bonds is 4. The van der Waals surface area contributed by atoms with Gasteiger partial charge in [-0.05, 0) is 49.2 Å². The van der Waals surface area contributed by atoms with Crippen molar-refractivity contribution in [3.63, 3.8) is 0 Å². The Balaban J connectivity index is 2.10. The van der Waals surface area contributed by atoms with Crippen molar-refractivity contribution in [1.82, 2.24) is 5.32 Å². The highest BCUT2D eigenvalue weighted by molar-refractivity contribution is 6.31. The Morgan fingerprint density at radius 2 is 1.50 bits per heavy atom. The van der Waals surface area contributed by atoms with Crippen LogP contribution in [-0.4, -0.2) is 0 Å². The van der Waals surface area contributed by atoms with Gasteiger partial charge in [-0.25, -0.2) is 8.78 Å². The average molecular weight is 296 g/mol. The summed E-state index contributed by atoms with van der Waals surface area (Å²) in [6, 6.07) is 10.7. The summed E-state index contributed by atoms with van der Waals surface area (Å²) in [5.74, 6) is -0.604. The molecule has 0 saturated heterocycles. The Morgan fingerprint density at radius 1 is 0.900 bits per heavy atom. The van der Waals surface area contributed by atoms with Crippen molar-refractivity contribution in [2.75, 3.05) is 0 Å². The van der Waals surface area contributed by atoms with Gasteiger partial charge in [0.05, 0.1) is 0 Å². The fourth-order valence-corrected chi connectivity index (χ4v) is 2.50. The van der Waals surface area contributed by atoms with E-state index in [1.807, 2.05) is 13.8 Å². The van der Waals surface area contributed by atoms with E-state index in [2.05, 4.69) is 5.32 Å². The van der Waals surface area contributed by atoms with Gasteiger partial charge in [-0.3, -0.25) is 0 Å². The van der Waals surface area contributed by atoms with Crippen LogP contribution in [0.3, 0.4) is 0 Å². The Bertz CT molecular complexity index is 584. The third-order valence-corrected chi connectivity index (χ3v) is 3.63. The summed E-state index contributed by atoms with van der Waals surface area (Å²) in [5.41, 5.74) is 1.82. The Morgan fingerprint density at radius 3 is 2.10 bits per heavy atom. The quantitative estimate of drug-likeness (QED) is 0.834. The summed E-state index contributed by atoms with van der Waals surface area (Å²) >= 11 is 6.05. The predicted molar refractivity (Wildman–Crippen MR) is 77.8 cm³/mol. The van der Waals surface area contributed by atoms with E-state index in [1.54, 1.807) is 18.2 Å². The third-order valence-electron chi connectivity index (χ3n) is 3.30. The summed E-state index contributed by atoms with van der Waals surface area (Å²) in [4.78, 5) is 0. The number of benzene rings is 2. The van der Waals surface area contributed by atoms with E-state index in [0.29, 0.717) is 5.02 Å². The van der Waals surface area contributed by atoms with Crippen molar-refractivity contribution in [3.05, 3.63) is 70.2 Å². The molecule has 0 spiro atoms. The summed E-state index contributed by atoms with van der Waals surface area (Å²) in [6.07, 6.45) is 0. The molecule has 4 heteroatoms. The molecule has 0 aliphatic carbocycles. The van der Waals surface area contributed by atoms with Crippen molar-refractivity contribution in [2.24, 2.45) is 0 Å². The molecule has 0 bridgehead atoms. The zero-order chi connectivity index (χ0) is 14.7. The molecule has 0 radical (unpaired) electrons. The highest BCUT2D eigenvalue weighted by Crippen LogP contribution is 2.26. The number of hydrogen-bond donors (Lipinski definition) is 1. The van der Waals surface area contributed by atoms with Crippen LogP contribution in [-0.2, 0) is 0 Å². The second kappa shape index (κ2) is 6.33. The largest absolute Gasteiger partial charge is 0.304 e. The maximum Gasteiger partial charge on any atom is 0.124 e. The van der Waals surface area contributed by atoms with E-state index >= 15 is 0 Å². The van der Waals surface area contributed by atoms with Gasteiger partial charge in [0.15, 0.2) is 0 Å². The van der Waals surface area contributed by atoms with Crippen LogP contribution in [0.2, 0.25) is 5.02 Å². The lowest BCUT2D eigenvalue weighted by atomic mass is 10.0. The van der Waals surface area contributed by atoms with Crippen LogP contribution < -0.4 is 5.32 Å². The van der Waals surface area contributed by atoms with Crippen molar-refractivity contribution in [3.8, 4) is 0 Å². The van der Waals surface area contributed by atoms with Gasteiger partial charge in [-0.15, -0.1) is 0 Å². The van der Waals surface area contributed by atoms with E-state index in [1.165, 1.54) is 24.3 Å². The fraction of sp³-hybridized carbons (Fsp3) is 0.250. The van der Waals surface area contributed by atoms with Crippen molar-refractivity contribution < 1.29 is 8.78 Å². The molecule has 0 aliphatic rings. The van der Waals surface area contributed by atoms with Crippen molar-refractivity contribution in [2.45, 2.75) is 25.9 Å². The van der Waals surface area contributed by atoms with Crippen LogP contribution in [0.4, 0.5) is 8.78 Å². The minimum Gasteiger partial charge on any atom is -0.304 e. The average Bonchev–Trinajstić information content (AvgIpc) is 2.39.